The van der Waals surface area contributed by atoms with Gasteiger partial charge in [-0.15, -0.1) is 0 Å². The molecular formula is C14H17ClF2N2O. The Balaban J connectivity index is 2.01. The monoisotopic (exact) mass is 302 g/mol. The molecule has 20 heavy (non-hydrogen) atoms. The lowest BCUT2D eigenvalue weighted by atomic mass is 9.91. The predicted molar refractivity (Wildman–Crippen MR) is 73.9 cm³/mol. The summed E-state index contributed by atoms with van der Waals surface area (Å²) in [6, 6.07) is 2.13. The number of hydrogen-bond acceptors (Lipinski definition) is 2. The number of amides is 1. The van der Waals surface area contributed by atoms with E-state index in [1.54, 1.807) is 0 Å². The van der Waals surface area contributed by atoms with Crippen LogP contribution in [0.2, 0.25) is 5.02 Å². The summed E-state index contributed by atoms with van der Waals surface area (Å²) in [5.41, 5.74) is -0.303. The fraction of sp³-hybridized carbons (Fsp3) is 0.500. The van der Waals surface area contributed by atoms with Crippen molar-refractivity contribution in [3.8, 4) is 0 Å². The van der Waals surface area contributed by atoms with Gasteiger partial charge in [-0.25, -0.2) is 8.78 Å². The van der Waals surface area contributed by atoms with Crippen molar-refractivity contribution < 1.29 is 13.6 Å². The average Bonchev–Trinajstić information content (AvgIpc) is 2.43. The number of carbonyl (C=O) groups excluding carboxylic acids is 1. The first-order valence-corrected chi connectivity index (χ1v) is 7.01. The second-order valence-corrected chi connectivity index (χ2v) is 5.46. The number of carbonyl (C=O) groups is 1. The van der Waals surface area contributed by atoms with E-state index < -0.39 is 17.5 Å². The van der Waals surface area contributed by atoms with Crippen molar-refractivity contribution in [2.45, 2.75) is 37.8 Å². The summed E-state index contributed by atoms with van der Waals surface area (Å²) in [6.45, 7) is 0. The lowest BCUT2D eigenvalue weighted by Crippen LogP contribution is -2.41. The van der Waals surface area contributed by atoms with Gasteiger partial charge in [-0.1, -0.05) is 11.6 Å². The van der Waals surface area contributed by atoms with Crippen molar-refractivity contribution in [1.29, 1.82) is 0 Å². The minimum Gasteiger partial charge on any atom is -0.349 e. The Morgan fingerprint density at radius 1 is 1.15 bits per heavy atom. The Morgan fingerprint density at radius 2 is 1.75 bits per heavy atom. The molecular weight excluding hydrogens is 286 g/mol. The van der Waals surface area contributed by atoms with Gasteiger partial charge in [0.05, 0.1) is 10.6 Å². The van der Waals surface area contributed by atoms with E-state index in [1.807, 2.05) is 7.05 Å². The molecule has 0 aliphatic heterocycles. The molecule has 3 nitrogen and oxygen atoms in total. The maximum atomic E-state index is 13.6. The highest BCUT2D eigenvalue weighted by molar-refractivity contribution is 6.30. The van der Waals surface area contributed by atoms with Crippen LogP contribution in [0.25, 0.3) is 0 Å². The molecule has 0 spiro atoms. The lowest BCUT2D eigenvalue weighted by molar-refractivity contribution is 0.0920. The molecule has 1 amide bonds. The number of benzene rings is 1. The van der Waals surface area contributed by atoms with Crippen LogP contribution in [-0.2, 0) is 0 Å². The normalized spacial score (nSPS) is 22.6. The van der Waals surface area contributed by atoms with Crippen molar-refractivity contribution in [1.82, 2.24) is 10.6 Å². The van der Waals surface area contributed by atoms with Gasteiger partial charge in [-0.3, -0.25) is 4.79 Å². The minimum atomic E-state index is -0.808. The molecule has 110 valence electrons. The van der Waals surface area contributed by atoms with Gasteiger partial charge in [0.1, 0.15) is 11.6 Å². The van der Waals surface area contributed by atoms with Crippen molar-refractivity contribution in [2.24, 2.45) is 0 Å². The summed E-state index contributed by atoms with van der Waals surface area (Å²) >= 11 is 5.46. The first kappa shape index (κ1) is 15.2. The Labute approximate surface area is 121 Å². The highest BCUT2D eigenvalue weighted by Gasteiger charge is 2.23. The summed E-state index contributed by atoms with van der Waals surface area (Å²) in [6.07, 6.45) is 3.57. The molecule has 0 saturated heterocycles. The van der Waals surface area contributed by atoms with Gasteiger partial charge >= 0.3 is 0 Å². The van der Waals surface area contributed by atoms with E-state index in [2.05, 4.69) is 10.6 Å². The molecule has 0 unspecified atom stereocenters. The van der Waals surface area contributed by atoms with Gasteiger partial charge in [0.25, 0.3) is 5.91 Å². The molecule has 0 atom stereocenters. The Kier molecular flexibility index (Phi) is 4.94. The number of rotatable bonds is 3. The fourth-order valence-corrected chi connectivity index (χ4v) is 2.64. The molecule has 1 saturated carbocycles. The summed E-state index contributed by atoms with van der Waals surface area (Å²) in [5, 5.41) is 5.62. The summed E-state index contributed by atoms with van der Waals surface area (Å²) in [4.78, 5) is 12.0. The standard InChI is InChI=1S/C14H17ClF2N2O/c1-18-8-2-4-9(5-3-8)19-14(20)10-6-13(17)11(15)7-12(10)16/h6-9,18H,2-5H2,1H3,(H,19,20). The van der Waals surface area contributed by atoms with Gasteiger partial charge < -0.3 is 10.6 Å². The summed E-state index contributed by atoms with van der Waals surface area (Å²) < 4.78 is 26.9. The molecule has 0 radical (unpaired) electrons. The van der Waals surface area contributed by atoms with E-state index in [4.69, 9.17) is 11.6 Å². The third kappa shape index (κ3) is 3.46. The first-order valence-electron chi connectivity index (χ1n) is 6.64. The first-order chi connectivity index (χ1) is 9.51. The molecule has 6 heteroatoms. The molecule has 1 fully saturated rings. The topological polar surface area (TPSA) is 41.1 Å². The van der Waals surface area contributed by atoms with Crippen molar-refractivity contribution >= 4 is 17.5 Å². The van der Waals surface area contributed by atoms with E-state index in [1.165, 1.54) is 0 Å². The highest BCUT2D eigenvalue weighted by atomic mass is 35.5. The molecule has 2 rings (SSSR count). The zero-order valence-electron chi connectivity index (χ0n) is 11.2. The number of halogens is 3. The van der Waals surface area contributed by atoms with Crippen molar-refractivity contribution in [2.75, 3.05) is 7.05 Å². The third-order valence-electron chi connectivity index (χ3n) is 3.73. The highest BCUT2D eigenvalue weighted by Crippen LogP contribution is 2.21. The smallest absolute Gasteiger partial charge is 0.254 e. The van der Waals surface area contributed by atoms with Crippen LogP contribution >= 0.6 is 11.6 Å². The summed E-state index contributed by atoms with van der Waals surface area (Å²) in [7, 11) is 1.91. The third-order valence-corrected chi connectivity index (χ3v) is 4.01. The largest absolute Gasteiger partial charge is 0.349 e. The van der Waals surface area contributed by atoms with Gasteiger partial charge in [0.15, 0.2) is 0 Å². The summed E-state index contributed by atoms with van der Waals surface area (Å²) in [5.74, 6) is -2.19. The van der Waals surface area contributed by atoms with Gasteiger partial charge in [0, 0.05) is 12.1 Å². The molecule has 0 aromatic heterocycles. The van der Waals surface area contributed by atoms with Crippen LogP contribution in [0.4, 0.5) is 8.78 Å². The number of hydrogen-bond donors (Lipinski definition) is 2. The Morgan fingerprint density at radius 3 is 2.35 bits per heavy atom. The molecule has 1 aliphatic rings. The second kappa shape index (κ2) is 6.50. The lowest BCUT2D eigenvalue weighted by Gasteiger charge is -2.28. The fourth-order valence-electron chi connectivity index (χ4n) is 2.49. The van der Waals surface area contributed by atoms with E-state index in [9.17, 15) is 13.6 Å². The quantitative estimate of drug-likeness (QED) is 0.843. The van der Waals surface area contributed by atoms with Crippen LogP contribution in [0.5, 0.6) is 0 Å². The SMILES string of the molecule is CNC1CCC(NC(=O)c2cc(F)c(Cl)cc2F)CC1. The van der Waals surface area contributed by atoms with Crippen molar-refractivity contribution in [3.05, 3.63) is 34.4 Å². The molecule has 1 aromatic carbocycles. The van der Waals surface area contributed by atoms with Crippen molar-refractivity contribution in [3.63, 3.8) is 0 Å². The molecule has 1 aromatic rings. The molecule has 2 N–H and O–H groups in total. The second-order valence-electron chi connectivity index (χ2n) is 5.06. The van der Waals surface area contributed by atoms with Crippen LogP contribution in [0.3, 0.4) is 0 Å². The molecule has 0 bridgehead atoms. The van der Waals surface area contributed by atoms with E-state index in [-0.39, 0.29) is 16.6 Å². The zero-order valence-corrected chi connectivity index (χ0v) is 11.9. The van der Waals surface area contributed by atoms with Crippen LogP contribution in [0, 0.1) is 11.6 Å². The molecule has 1 aliphatic carbocycles. The van der Waals surface area contributed by atoms with Gasteiger partial charge in [-0.2, -0.15) is 0 Å². The van der Waals surface area contributed by atoms with E-state index in [0.717, 1.165) is 37.8 Å². The average molecular weight is 303 g/mol. The van der Waals surface area contributed by atoms with Crippen LogP contribution in [0.15, 0.2) is 12.1 Å². The van der Waals surface area contributed by atoms with Crippen LogP contribution in [0.1, 0.15) is 36.0 Å². The minimum absolute atomic E-state index is 0.00485. The Bertz CT molecular complexity index is 502. The molecule has 0 heterocycles. The van der Waals surface area contributed by atoms with Gasteiger partial charge in [0.2, 0.25) is 0 Å². The van der Waals surface area contributed by atoms with Crippen LogP contribution < -0.4 is 10.6 Å². The maximum absolute atomic E-state index is 13.6. The van der Waals surface area contributed by atoms with E-state index in [0.29, 0.717) is 6.04 Å². The zero-order chi connectivity index (χ0) is 14.7. The number of nitrogens with one attached hydrogen (secondary N) is 2. The maximum Gasteiger partial charge on any atom is 0.254 e. The van der Waals surface area contributed by atoms with Crippen LogP contribution in [-0.4, -0.2) is 25.0 Å². The Hall–Kier alpha value is -1.20. The van der Waals surface area contributed by atoms with E-state index >= 15 is 0 Å². The van der Waals surface area contributed by atoms with Gasteiger partial charge in [-0.05, 0) is 44.9 Å². The predicted octanol–water partition coefficient (Wildman–Crippen LogP) is 2.88.